The maximum Gasteiger partial charge on any atom is 0.416 e. The third kappa shape index (κ3) is 6.22. The third-order valence-electron chi connectivity index (χ3n) is 8.21. The molecule has 1 aromatic rings. The summed E-state index contributed by atoms with van der Waals surface area (Å²) in [6, 6.07) is 4.78. The Labute approximate surface area is 220 Å². The van der Waals surface area contributed by atoms with E-state index in [0.717, 1.165) is 88.0 Å². The molecule has 0 radical (unpaired) electrons. The fraction of sp³-hybridized carbons (Fsp3) is 0.630. The van der Waals surface area contributed by atoms with Crippen molar-refractivity contribution < 1.29 is 28.2 Å². The number of aliphatic hydroxyl groups is 2. The molecule has 2 atom stereocenters. The van der Waals surface area contributed by atoms with Crippen LogP contribution in [0.1, 0.15) is 67.3 Å². The predicted molar refractivity (Wildman–Crippen MR) is 136 cm³/mol. The molecular weight excluding hydrogens is 499 g/mol. The van der Waals surface area contributed by atoms with Crippen LogP contribution < -0.4 is 16.0 Å². The average Bonchev–Trinajstić information content (AvgIpc) is 2.89. The predicted octanol–water partition coefficient (Wildman–Crippen LogP) is 2.73. The average molecular weight is 536 g/mol. The zero-order chi connectivity index (χ0) is 26.9. The van der Waals surface area contributed by atoms with Crippen LogP contribution in [0.4, 0.5) is 13.2 Å². The first-order chi connectivity index (χ1) is 18.2. The van der Waals surface area contributed by atoms with E-state index in [-0.39, 0.29) is 18.2 Å². The van der Waals surface area contributed by atoms with Gasteiger partial charge in [-0.1, -0.05) is 6.07 Å². The molecule has 2 aliphatic carbocycles. The van der Waals surface area contributed by atoms with Crippen LogP contribution in [0.2, 0.25) is 0 Å². The summed E-state index contributed by atoms with van der Waals surface area (Å²) < 4.78 is 38.6. The first-order valence-electron chi connectivity index (χ1n) is 13.6. The lowest BCUT2D eigenvalue weighted by Crippen LogP contribution is -2.64. The van der Waals surface area contributed by atoms with Gasteiger partial charge in [0.25, 0.3) is 5.91 Å². The van der Waals surface area contributed by atoms with E-state index in [2.05, 4.69) is 25.8 Å². The van der Waals surface area contributed by atoms with Gasteiger partial charge in [0.05, 0.1) is 12.1 Å². The Hall–Kier alpha value is -2.47. The molecule has 1 saturated carbocycles. The number of nitrogens with zero attached hydrogens (tertiary/aromatic N) is 2. The molecule has 4 aliphatic rings. The molecule has 1 aromatic carbocycles. The molecule has 1 amide bonds. The van der Waals surface area contributed by atoms with Crippen molar-refractivity contribution in [2.24, 2.45) is 10.9 Å². The number of aliphatic imine (C=N–C) groups is 1. The van der Waals surface area contributed by atoms with Gasteiger partial charge in [-0.25, -0.2) is 4.99 Å². The standard InChI is InChI=1S/C27H36F3N5O3/c28-27(29,30)18-5-3-4-17(12-18)25(37)31-13-23(36)32-19-14-35(15-19)20-10-8-16(9-11-20)24-33-22-7-2-1-6-21(22)26(38)34-24/h3-5,12,16,19-20,23,26,32,36,38H,1-2,6-11,13-15H2,(H,31,37)(H,33,34). The second kappa shape index (κ2) is 11.3. The van der Waals surface area contributed by atoms with Crippen LogP contribution in [0.5, 0.6) is 0 Å². The normalized spacial score (nSPS) is 27.6. The molecule has 11 heteroatoms. The molecule has 2 fully saturated rings. The number of carbonyl (C=O) groups is 1. The highest BCUT2D eigenvalue weighted by Gasteiger charge is 2.37. The molecule has 0 spiro atoms. The minimum absolute atomic E-state index is 0.0874. The molecular formula is C27H36F3N5O3. The Bertz CT molecular complexity index is 1080. The molecule has 2 heterocycles. The van der Waals surface area contributed by atoms with E-state index in [1.165, 1.54) is 17.8 Å². The molecule has 0 aromatic heterocycles. The van der Waals surface area contributed by atoms with Crippen molar-refractivity contribution >= 4 is 11.7 Å². The van der Waals surface area contributed by atoms with Crippen LogP contribution in [0, 0.1) is 5.92 Å². The van der Waals surface area contributed by atoms with Gasteiger partial charge < -0.3 is 20.8 Å². The van der Waals surface area contributed by atoms with E-state index in [1.807, 2.05) is 0 Å². The lowest BCUT2D eigenvalue weighted by Gasteiger charge is -2.47. The minimum Gasteiger partial charge on any atom is -0.377 e. The minimum atomic E-state index is -4.52. The number of halogens is 3. The number of carbonyl (C=O) groups excluding carboxylic acids is 1. The van der Waals surface area contributed by atoms with Crippen molar-refractivity contribution in [2.75, 3.05) is 19.6 Å². The summed E-state index contributed by atoms with van der Waals surface area (Å²) >= 11 is 0. The van der Waals surface area contributed by atoms with Crippen molar-refractivity contribution in [2.45, 2.75) is 82.1 Å². The van der Waals surface area contributed by atoms with Crippen molar-refractivity contribution in [3.63, 3.8) is 0 Å². The number of amidine groups is 1. The van der Waals surface area contributed by atoms with E-state index in [1.54, 1.807) is 0 Å². The summed E-state index contributed by atoms with van der Waals surface area (Å²) in [7, 11) is 0. The Morgan fingerprint density at radius 2 is 1.89 bits per heavy atom. The second-order valence-corrected chi connectivity index (χ2v) is 10.9. The number of aliphatic hydroxyl groups excluding tert-OH is 2. The quantitative estimate of drug-likeness (QED) is 0.344. The van der Waals surface area contributed by atoms with Crippen LogP contribution in [-0.4, -0.2) is 71.0 Å². The summed E-state index contributed by atoms with van der Waals surface area (Å²) in [6.45, 7) is 1.49. The van der Waals surface area contributed by atoms with Crippen LogP contribution in [0.15, 0.2) is 40.5 Å². The molecule has 38 heavy (non-hydrogen) atoms. The van der Waals surface area contributed by atoms with E-state index < -0.39 is 30.1 Å². The number of benzene rings is 1. The smallest absolute Gasteiger partial charge is 0.377 e. The van der Waals surface area contributed by atoms with Crippen molar-refractivity contribution in [3.05, 3.63) is 46.7 Å². The SMILES string of the molecule is O=C(NCC(O)NC1CN(C2CCC(C3=NC(O)C4=C(CCCC4)N3)CC2)C1)c1cccc(C(F)(F)F)c1. The Balaban J connectivity index is 1.01. The van der Waals surface area contributed by atoms with Gasteiger partial charge in [-0.2, -0.15) is 13.2 Å². The zero-order valence-corrected chi connectivity index (χ0v) is 21.3. The molecule has 208 valence electrons. The number of likely N-dealkylation sites (tertiary alicyclic amines) is 1. The van der Waals surface area contributed by atoms with Gasteiger partial charge in [-0.3, -0.25) is 15.0 Å². The van der Waals surface area contributed by atoms with Gasteiger partial charge in [-0.15, -0.1) is 0 Å². The highest BCUT2D eigenvalue weighted by molar-refractivity contribution is 5.94. The van der Waals surface area contributed by atoms with E-state index in [4.69, 9.17) is 0 Å². The van der Waals surface area contributed by atoms with Gasteiger partial charge in [0.2, 0.25) is 0 Å². The van der Waals surface area contributed by atoms with Gasteiger partial charge in [0.1, 0.15) is 12.1 Å². The lowest BCUT2D eigenvalue weighted by atomic mass is 9.82. The number of amides is 1. The first-order valence-corrected chi connectivity index (χ1v) is 13.6. The highest BCUT2D eigenvalue weighted by Crippen LogP contribution is 2.34. The molecule has 5 N–H and O–H groups in total. The number of allylic oxidation sites excluding steroid dienone is 1. The lowest BCUT2D eigenvalue weighted by molar-refractivity contribution is -0.137. The highest BCUT2D eigenvalue weighted by atomic mass is 19.4. The monoisotopic (exact) mass is 535 g/mol. The number of nitrogens with one attached hydrogen (secondary N) is 3. The van der Waals surface area contributed by atoms with Gasteiger partial charge in [0.15, 0.2) is 6.23 Å². The van der Waals surface area contributed by atoms with Crippen molar-refractivity contribution in [1.29, 1.82) is 0 Å². The fourth-order valence-electron chi connectivity index (χ4n) is 6.05. The van der Waals surface area contributed by atoms with Crippen LogP contribution in [0.25, 0.3) is 0 Å². The van der Waals surface area contributed by atoms with Crippen molar-refractivity contribution in [3.8, 4) is 0 Å². The Morgan fingerprint density at radius 3 is 2.63 bits per heavy atom. The number of hydrogen-bond acceptors (Lipinski definition) is 7. The molecule has 8 nitrogen and oxygen atoms in total. The molecule has 5 rings (SSSR count). The number of alkyl halides is 3. The molecule has 2 aliphatic heterocycles. The summed E-state index contributed by atoms with van der Waals surface area (Å²) in [5.74, 6) is 0.619. The second-order valence-electron chi connectivity index (χ2n) is 10.9. The maximum absolute atomic E-state index is 12.9. The number of rotatable bonds is 7. The molecule has 2 unspecified atom stereocenters. The third-order valence-corrected chi connectivity index (χ3v) is 8.21. The molecule has 0 bridgehead atoms. The van der Waals surface area contributed by atoms with Gasteiger partial charge >= 0.3 is 6.18 Å². The van der Waals surface area contributed by atoms with Crippen LogP contribution >= 0.6 is 0 Å². The van der Waals surface area contributed by atoms with E-state index in [0.29, 0.717) is 12.0 Å². The summed E-state index contributed by atoms with van der Waals surface area (Å²) in [6.07, 6.45) is 2.12. The largest absolute Gasteiger partial charge is 0.416 e. The Morgan fingerprint density at radius 1 is 1.16 bits per heavy atom. The summed E-state index contributed by atoms with van der Waals surface area (Å²) in [5, 5.41) is 29.9. The maximum atomic E-state index is 12.9. The van der Waals surface area contributed by atoms with Crippen LogP contribution in [-0.2, 0) is 6.18 Å². The number of hydrogen-bond donors (Lipinski definition) is 5. The fourth-order valence-corrected chi connectivity index (χ4v) is 6.05. The Kier molecular flexibility index (Phi) is 8.08. The van der Waals surface area contributed by atoms with Crippen molar-refractivity contribution in [1.82, 2.24) is 20.9 Å². The first kappa shape index (κ1) is 27.1. The summed E-state index contributed by atoms with van der Waals surface area (Å²) in [5.41, 5.74) is 1.25. The van der Waals surface area contributed by atoms with Gasteiger partial charge in [0, 0.05) is 42.4 Å². The topological polar surface area (TPSA) is 109 Å². The van der Waals surface area contributed by atoms with Gasteiger partial charge in [-0.05, 0) is 75.1 Å². The van der Waals surface area contributed by atoms with E-state index >= 15 is 0 Å². The van der Waals surface area contributed by atoms with Crippen LogP contribution in [0.3, 0.4) is 0 Å². The summed E-state index contributed by atoms with van der Waals surface area (Å²) in [4.78, 5) is 19.2. The zero-order valence-electron chi connectivity index (χ0n) is 21.3. The van der Waals surface area contributed by atoms with E-state index in [9.17, 15) is 28.2 Å². The molecule has 1 saturated heterocycles.